The van der Waals surface area contributed by atoms with E-state index in [9.17, 15) is 0 Å². The number of para-hydroxylation sites is 4. The van der Waals surface area contributed by atoms with Crippen molar-refractivity contribution in [3.05, 3.63) is 243 Å². The monoisotopic (exact) mass is 828 g/mol. The van der Waals surface area contributed by atoms with E-state index in [1.165, 1.54) is 60.0 Å². The fourth-order valence-corrected chi connectivity index (χ4v) is 10.2. The fourth-order valence-electron chi connectivity index (χ4n) is 10.2. The molecule has 0 aliphatic heterocycles. The lowest BCUT2D eigenvalue weighted by molar-refractivity contribution is 0.669. The van der Waals surface area contributed by atoms with Crippen molar-refractivity contribution in [1.29, 1.82) is 0 Å². The van der Waals surface area contributed by atoms with E-state index >= 15 is 0 Å². The topological polar surface area (TPSA) is 21.3 Å². The van der Waals surface area contributed by atoms with Crippen LogP contribution in [0.4, 0.5) is 17.1 Å². The van der Waals surface area contributed by atoms with Gasteiger partial charge in [-0.2, -0.15) is 0 Å². The molecule has 0 fully saturated rings. The Morgan fingerprint density at radius 2 is 0.892 bits per heavy atom. The molecule has 2 heterocycles. The lowest BCUT2D eigenvalue weighted by Crippen LogP contribution is -2.11. The minimum absolute atomic E-state index is 0.882. The Kier molecular flexibility index (Phi) is 8.53. The van der Waals surface area contributed by atoms with E-state index in [0.717, 1.165) is 61.4 Å². The van der Waals surface area contributed by atoms with Crippen LogP contribution in [0.1, 0.15) is 0 Å². The Labute approximate surface area is 376 Å². The Balaban J connectivity index is 0.921. The summed E-state index contributed by atoms with van der Waals surface area (Å²) in [4.78, 5) is 2.41. The summed E-state index contributed by atoms with van der Waals surface area (Å²) < 4.78 is 8.78. The van der Waals surface area contributed by atoms with Crippen molar-refractivity contribution >= 4 is 82.4 Å². The molecule has 13 rings (SSSR count). The Bertz CT molecular complexity index is 3910. The van der Waals surface area contributed by atoms with Crippen molar-refractivity contribution in [3.8, 4) is 39.1 Å². The lowest BCUT2D eigenvalue weighted by atomic mass is 9.96. The van der Waals surface area contributed by atoms with Crippen molar-refractivity contribution < 1.29 is 4.42 Å². The van der Waals surface area contributed by atoms with Gasteiger partial charge >= 0.3 is 0 Å². The number of nitrogens with zero attached hydrogens (tertiary/aromatic N) is 2. The first-order valence-electron chi connectivity index (χ1n) is 22.2. The quantitative estimate of drug-likeness (QED) is 0.149. The van der Waals surface area contributed by atoms with Crippen LogP contribution < -0.4 is 4.90 Å². The third kappa shape index (κ3) is 6.12. The fraction of sp³-hybridized carbons (Fsp3) is 0. The number of fused-ring (bicyclic) bond motifs is 9. The maximum Gasteiger partial charge on any atom is 0.136 e. The summed E-state index contributed by atoms with van der Waals surface area (Å²) in [5.74, 6) is 0. The van der Waals surface area contributed by atoms with Gasteiger partial charge in [-0.15, -0.1) is 0 Å². The average Bonchev–Trinajstić information content (AvgIpc) is 3.93. The summed E-state index contributed by atoms with van der Waals surface area (Å²) in [6.07, 6.45) is 0. The Morgan fingerprint density at radius 1 is 0.323 bits per heavy atom. The zero-order chi connectivity index (χ0) is 42.8. The highest BCUT2D eigenvalue weighted by Crippen LogP contribution is 2.46. The molecule has 0 amide bonds. The van der Waals surface area contributed by atoms with E-state index < -0.39 is 0 Å². The van der Waals surface area contributed by atoms with Gasteiger partial charge in [-0.3, -0.25) is 0 Å². The molecule has 11 aromatic carbocycles. The number of hydrogen-bond donors (Lipinski definition) is 0. The van der Waals surface area contributed by atoms with Crippen LogP contribution in [-0.4, -0.2) is 4.57 Å². The van der Waals surface area contributed by atoms with Crippen LogP contribution in [-0.2, 0) is 0 Å². The van der Waals surface area contributed by atoms with E-state index in [1.54, 1.807) is 0 Å². The van der Waals surface area contributed by atoms with Crippen molar-refractivity contribution in [2.24, 2.45) is 0 Å². The van der Waals surface area contributed by atoms with Gasteiger partial charge in [0.15, 0.2) is 0 Å². The van der Waals surface area contributed by atoms with Gasteiger partial charge in [0.05, 0.1) is 16.7 Å². The maximum atomic E-state index is 6.40. The maximum absolute atomic E-state index is 6.40. The first kappa shape index (κ1) is 36.9. The van der Waals surface area contributed by atoms with Crippen LogP contribution in [0.25, 0.3) is 104 Å². The van der Waals surface area contributed by atoms with Crippen LogP contribution >= 0.6 is 0 Å². The second-order valence-corrected chi connectivity index (χ2v) is 16.9. The van der Waals surface area contributed by atoms with Crippen LogP contribution in [0, 0.1) is 0 Å². The largest absolute Gasteiger partial charge is 0.456 e. The molecule has 3 nitrogen and oxygen atoms in total. The molecule has 0 saturated carbocycles. The van der Waals surface area contributed by atoms with Crippen LogP contribution in [0.15, 0.2) is 247 Å². The van der Waals surface area contributed by atoms with Gasteiger partial charge in [0.2, 0.25) is 0 Å². The normalized spacial score (nSPS) is 11.7. The van der Waals surface area contributed by atoms with Crippen LogP contribution in [0.5, 0.6) is 0 Å². The molecule has 0 saturated heterocycles. The van der Waals surface area contributed by atoms with Gasteiger partial charge in [0.1, 0.15) is 11.2 Å². The predicted octanol–water partition coefficient (Wildman–Crippen LogP) is 17.5. The van der Waals surface area contributed by atoms with Crippen LogP contribution in [0.3, 0.4) is 0 Å². The lowest BCUT2D eigenvalue weighted by Gasteiger charge is -2.28. The van der Waals surface area contributed by atoms with Gasteiger partial charge in [0.25, 0.3) is 0 Å². The molecule has 304 valence electrons. The molecule has 0 aliphatic carbocycles. The highest BCUT2D eigenvalue weighted by molar-refractivity contribution is 6.14. The van der Waals surface area contributed by atoms with Crippen molar-refractivity contribution in [2.45, 2.75) is 0 Å². The van der Waals surface area contributed by atoms with Crippen molar-refractivity contribution in [2.75, 3.05) is 4.90 Å². The molecule has 0 radical (unpaired) electrons. The molecule has 0 aliphatic rings. The highest BCUT2D eigenvalue weighted by atomic mass is 16.3. The van der Waals surface area contributed by atoms with Gasteiger partial charge in [0, 0.05) is 44.2 Å². The third-order valence-electron chi connectivity index (χ3n) is 13.2. The molecular formula is C62H40N2O. The smallest absolute Gasteiger partial charge is 0.136 e. The Morgan fingerprint density at radius 3 is 1.71 bits per heavy atom. The van der Waals surface area contributed by atoms with E-state index in [-0.39, 0.29) is 0 Å². The molecule has 0 atom stereocenters. The van der Waals surface area contributed by atoms with E-state index in [2.05, 4.69) is 246 Å². The van der Waals surface area contributed by atoms with E-state index in [4.69, 9.17) is 4.42 Å². The van der Waals surface area contributed by atoms with E-state index in [1.807, 2.05) is 6.07 Å². The highest BCUT2D eigenvalue weighted by Gasteiger charge is 2.21. The third-order valence-corrected chi connectivity index (χ3v) is 13.2. The number of rotatable bonds is 7. The molecule has 13 aromatic rings. The number of benzene rings is 11. The van der Waals surface area contributed by atoms with Gasteiger partial charge in [-0.1, -0.05) is 170 Å². The molecular weight excluding hydrogens is 789 g/mol. The van der Waals surface area contributed by atoms with Crippen molar-refractivity contribution in [1.82, 2.24) is 4.57 Å². The number of anilines is 3. The van der Waals surface area contributed by atoms with Gasteiger partial charge < -0.3 is 13.9 Å². The molecule has 65 heavy (non-hydrogen) atoms. The summed E-state index contributed by atoms with van der Waals surface area (Å²) in [5.41, 5.74) is 15.5. The van der Waals surface area contributed by atoms with E-state index in [0.29, 0.717) is 0 Å². The first-order valence-corrected chi connectivity index (χ1v) is 22.2. The number of aromatic nitrogens is 1. The molecule has 0 spiro atoms. The minimum atomic E-state index is 0.882. The summed E-state index contributed by atoms with van der Waals surface area (Å²) in [5, 5.41) is 9.70. The summed E-state index contributed by atoms with van der Waals surface area (Å²) >= 11 is 0. The zero-order valence-electron chi connectivity index (χ0n) is 35.4. The zero-order valence-corrected chi connectivity index (χ0v) is 35.4. The SMILES string of the molecule is c1cc(-c2ccc(N(c3ccc4c(ccc5ccccc54)c3)c3ccccc3-c3cccc4oc5ccccc5c34)cc2)cc(-c2cccc(-n3c4ccccc4c4ccccc43)c2)c1. The Hall–Kier alpha value is -8.66. The van der Waals surface area contributed by atoms with Crippen LogP contribution in [0.2, 0.25) is 0 Å². The number of furan rings is 1. The molecule has 3 heteroatoms. The molecule has 0 bridgehead atoms. The summed E-state index contributed by atoms with van der Waals surface area (Å²) in [6, 6.07) is 87.8. The molecule has 2 aromatic heterocycles. The first-order chi connectivity index (χ1) is 32.2. The average molecular weight is 829 g/mol. The van der Waals surface area contributed by atoms with Gasteiger partial charge in [-0.05, 0) is 122 Å². The standard InChI is InChI=1S/C62H40N2O/c1-2-19-50-42(14-1)30-31-46-40-49(36-37-51(46)50)63(57-25-7-5-22-54(57)55-24-13-29-61-62(55)56-23-6-10-28-60(56)65-61)47-34-32-41(33-35-47)43-15-11-16-44(38-43)45-17-12-18-48(39-45)64-58-26-8-3-20-52(58)53-21-4-9-27-59(53)64/h1-40H. The molecule has 0 unspecified atom stereocenters. The minimum Gasteiger partial charge on any atom is -0.456 e. The predicted molar refractivity (Wildman–Crippen MR) is 274 cm³/mol. The second-order valence-electron chi connectivity index (χ2n) is 16.9. The summed E-state index contributed by atoms with van der Waals surface area (Å²) in [6.45, 7) is 0. The molecule has 0 N–H and O–H groups in total. The number of hydrogen-bond acceptors (Lipinski definition) is 2. The van der Waals surface area contributed by atoms with Crippen molar-refractivity contribution in [3.63, 3.8) is 0 Å². The van der Waals surface area contributed by atoms with Gasteiger partial charge in [-0.25, -0.2) is 0 Å². The second kappa shape index (κ2) is 15.0. The summed E-state index contributed by atoms with van der Waals surface area (Å²) in [7, 11) is 0.